The number of nitrogens with one attached hydrogen (secondary N) is 1. The third-order valence-electron chi connectivity index (χ3n) is 6.29. The number of hydrogen-bond donors (Lipinski definition) is 1. The molecule has 0 spiro atoms. The number of nitrogens with zero attached hydrogens (tertiary/aromatic N) is 4. The van der Waals surface area contributed by atoms with E-state index in [1.807, 2.05) is 10.3 Å². The summed E-state index contributed by atoms with van der Waals surface area (Å²) in [6.45, 7) is 2.19. The Balaban J connectivity index is 1.51. The largest absolute Gasteiger partial charge is 0.442 e. The van der Waals surface area contributed by atoms with E-state index >= 15 is 0 Å². The van der Waals surface area contributed by atoms with Crippen LogP contribution in [-0.2, 0) is 10.0 Å². The summed E-state index contributed by atoms with van der Waals surface area (Å²) < 4.78 is 48.1. The highest BCUT2D eigenvalue weighted by molar-refractivity contribution is 7.90. The fourth-order valence-electron chi connectivity index (χ4n) is 4.58. The summed E-state index contributed by atoms with van der Waals surface area (Å²) in [5.41, 5.74) is 2.11. The van der Waals surface area contributed by atoms with Crippen LogP contribution in [0.25, 0.3) is 5.57 Å². The molecule has 12 heteroatoms. The fraction of sp³-hybridized carbons (Fsp3) is 0.348. The van der Waals surface area contributed by atoms with E-state index < -0.39 is 21.9 Å². The zero-order valence-electron chi connectivity index (χ0n) is 18.6. The van der Waals surface area contributed by atoms with Crippen molar-refractivity contribution in [3.63, 3.8) is 0 Å². The Labute approximate surface area is 210 Å². The smallest absolute Gasteiger partial charge is 0.226 e. The minimum atomic E-state index is -3.39. The zero-order valence-corrected chi connectivity index (χ0v) is 21.0. The Kier molecular flexibility index (Phi) is 5.55. The van der Waals surface area contributed by atoms with E-state index in [9.17, 15) is 12.8 Å². The molecule has 35 heavy (non-hydrogen) atoms. The summed E-state index contributed by atoms with van der Waals surface area (Å²) in [6.07, 6.45) is 5.11. The number of benzene rings is 1. The first-order chi connectivity index (χ1) is 16.8. The molecule has 2 atom stereocenters. The van der Waals surface area contributed by atoms with Gasteiger partial charge in [0.2, 0.25) is 15.9 Å². The van der Waals surface area contributed by atoms with Crippen molar-refractivity contribution in [1.82, 2.24) is 19.6 Å². The van der Waals surface area contributed by atoms with Crippen molar-refractivity contribution < 1.29 is 17.2 Å². The van der Waals surface area contributed by atoms with Crippen LogP contribution in [0.3, 0.4) is 0 Å². The van der Waals surface area contributed by atoms with Crippen molar-refractivity contribution in [2.75, 3.05) is 6.54 Å². The lowest BCUT2D eigenvalue weighted by molar-refractivity contribution is 0.492. The van der Waals surface area contributed by atoms with Gasteiger partial charge in [0.15, 0.2) is 10.8 Å². The number of hydrogen-bond acceptors (Lipinski definition) is 8. The summed E-state index contributed by atoms with van der Waals surface area (Å²) in [6, 6.07) is 3.22. The summed E-state index contributed by atoms with van der Waals surface area (Å²) in [7, 11) is -3.39. The summed E-state index contributed by atoms with van der Waals surface area (Å²) in [5, 5.41) is 2.47. The second-order valence-electron chi connectivity index (χ2n) is 8.87. The van der Waals surface area contributed by atoms with Crippen LogP contribution < -0.4 is 4.72 Å². The molecule has 2 aromatic heterocycles. The van der Waals surface area contributed by atoms with Crippen LogP contribution in [0.5, 0.6) is 0 Å². The quantitative estimate of drug-likeness (QED) is 0.507. The second-order valence-corrected chi connectivity index (χ2v) is 12.2. The van der Waals surface area contributed by atoms with E-state index in [1.54, 1.807) is 25.4 Å². The maximum atomic E-state index is 13.9. The molecule has 0 amide bonds. The maximum absolute atomic E-state index is 13.9. The highest BCUT2D eigenvalue weighted by atomic mass is 35.5. The molecule has 1 saturated carbocycles. The number of oxazole rings is 1. The number of rotatable bonds is 6. The minimum Gasteiger partial charge on any atom is -0.442 e. The summed E-state index contributed by atoms with van der Waals surface area (Å²) >= 11 is 7.93. The lowest BCUT2D eigenvalue weighted by Gasteiger charge is -2.31. The topological polar surface area (TPSA) is 101 Å². The monoisotopic (exact) mass is 533 g/mol. The van der Waals surface area contributed by atoms with E-state index in [2.05, 4.69) is 14.7 Å². The Morgan fingerprint density at radius 3 is 2.77 bits per heavy atom. The van der Waals surface area contributed by atoms with Gasteiger partial charge in [0.1, 0.15) is 17.6 Å². The lowest BCUT2D eigenvalue weighted by atomic mass is 9.94. The van der Waals surface area contributed by atoms with Gasteiger partial charge in [-0.05, 0) is 31.9 Å². The minimum absolute atomic E-state index is 0.232. The molecule has 1 aliphatic carbocycles. The number of amidine groups is 1. The number of aliphatic imine (C=N–C) groups is 1. The van der Waals surface area contributed by atoms with Crippen LogP contribution in [0.2, 0.25) is 5.02 Å². The molecule has 1 saturated heterocycles. The van der Waals surface area contributed by atoms with Crippen molar-refractivity contribution >= 4 is 44.4 Å². The first kappa shape index (κ1) is 22.8. The van der Waals surface area contributed by atoms with Crippen molar-refractivity contribution in [3.05, 3.63) is 74.7 Å². The van der Waals surface area contributed by atoms with Gasteiger partial charge in [-0.15, -0.1) is 11.3 Å². The first-order valence-corrected chi connectivity index (χ1v) is 14.0. The highest BCUT2D eigenvalue weighted by Gasteiger charge is 2.44. The van der Waals surface area contributed by atoms with E-state index in [-0.39, 0.29) is 16.3 Å². The Bertz CT molecular complexity index is 1460. The lowest BCUT2D eigenvalue weighted by Crippen LogP contribution is -2.40. The first-order valence-electron chi connectivity index (χ1n) is 11.2. The molecule has 4 heterocycles. The normalized spacial score (nSPS) is 22.5. The predicted octanol–water partition coefficient (Wildman–Crippen LogP) is 4.30. The zero-order chi connectivity index (χ0) is 24.3. The van der Waals surface area contributed by atoms with Crippen molar-refractivity contribution in [2.24, 2.45) is 4.99 Å². The van der Waals surface area contributed by atoms with Crippen LogP contribution in [0.1, 0.15) is 47.5 Å². The maximum Gasteiger partial charge on any atom is 0.226 e. The number of halogens is 2. The SMILES string of the molecule is Cc1cnc(C2=C3CC(NS(=O)(=O)C4CC4)CN3C(c3nccs3)=N[C@H]2c2ccc(F)cc2Cl)o1. The van der Waals surface area contributed by atoms with Gasteiger partial charge in [0, 0.05) is 46.9 Å². The molecule has 0 radical (unpaired) electrons. The molecule has 2 aliphatic heterocycles. The van der Waals surface area contributed by atoms with Gasteiger partial charge in [-0.2, -0.15) is 0 Å². The number of aryl methyl sites for hydroxylation is 1. The molecule has 1 aromatic carbocycles. The van der Waals surface area contributed by atoms with Gasteiger partial charge in [0.05, 0.1) is 17.0 Å². The molecular weight excluding hydrogens is 513 g/mol. The van der Waals surface area contributed by atoms with Crippen LogP contribution in [-0.4, -0.2) is 47.0 Å². The predicted molar refractivity (Wildman–Crippen MR) is 131 cm³/mol. The number of thiazole rings is 1. The van der Waals surface area contributed by atoms with E-state index in [0.29, 0.717) is 59.4 Å². The van der Waals surface area contributed by atoms with Gasteiger partial charge in [-0.1, -0.05) is 17.7 Å². The molecule has 8 nitrogen and oxygen atoms in total. The highest BCUT2D eigenvalue weighted by Crippen LogP contribution is 2.46. The standard InChI is InChI=1S/C23H21ClFN5O3S2/c1-12-10-27-22(33-12)19-18-9-14(29-35(31,32)15-3-4-15)11-30(18)21(23-26-6-7-34-23)28-20(19)16-5-2-13(25)8-17(16)24/h2,5-8,10,14-15,20,29H,3-4,9,11H2,1H3/t14?,20-/m0/s1. The molecule has 182 valence electrons. The number of aromatic nitrogens is 2. The van der Waals surface area contributed by atoms with Gasteiger partial charge < -0.3 is 9.32 Å². The Hall–Kier alpha value is -2.60. The van der Waals surface area contributed by atoms with Gasteiger partial charge in [-0.3, -0.25) is 4.99 Å². The third-order valence-corrected chi connectivity index (χ3v) is 9.39. The van der Waals surface area contributed by atoms with E-state index in [0.717, 1.165) is 5.70 Å². The van der Waals surface area contributed by atoms with Crippen molar-refractivity contribution in [3.8, 4) is 0 Å². The summed E-state index contributed by atoms with van der Waals surface area (Å²) in [4.78, 5) is 15.9. The van der Waals surface area contributed by atoms with Crippen LogP contribution in [0.4, 0.5) is 4.39 Å². The third kappa shape index (κ3) is 4.20. The molecular formula is C23H21ClFN5O3S2. The van der Waals surface area contributed by atoms with E-state index in [1.165, 1.54) is 23.5 Å². The molecule has 3 aliphatic rings. The van der Waals surface area contributed by atoms with E-state index in [4.69, 9.17) is 21.0 Å². The molecule has 1 unspecified atom stereocenters. The number of fused-ring (bicyclic) bond motifs is 1. The fourth-order valence-corrected chi connectivity index (χ4v) is 7.06. The van der Waals surface area contributed by atoms with Crippen LogP contribution >= 0.6 is 22.9 Å². The Morgan fingerprint density at radius 1 is 1.29 bits per heavy atom. The molecule has 1 N–H and O–H groups in total. The second kappa shape index (κ2) is 8.51. The van der Waals surface area contributed by atoms with Crippen LogP contribution in [0.15, 0.2) is 51.1 Å². The van der Waals surface area contributed by atoms with Crippen molar-refractivity contribution in [2.45, 2.75) is 43.5 Å². The average Bonchev–Trinajstić information content (AvgIpc) is 3.17. The van der Waals surface area contributed by atoms with Gasteiger partial charge in [0.25, 0.3) is 0 Å². The van der Waals surface area contributed by atoms with Crippen molar-refractivity contribution in [1.29, 1.82) is 0 Å². The molecule has 3 aromatic rings. The van der Waals surface area contributed by atoms with Crippen LogP contribution in [0, 0.1) is 12.7 Å². The summed E-state index contributed by atoms with van der Waals surface area (Å²) in [5.74, 6) is 1.17. The average molecular weight is 534 g/mol. The molecule has 0 bridgehead atoms. The Morgan fingerprint density at radius 2 is 2.11 bits per heavy atom. The van der Waals surface area contributed by atoms with Gasteiger partial charge in [-0.25, -0.2) is 27.5 Å². The molecule has 2 fully saturated rings. The molecule has 6 rings (SSSR count). The van der Waals surface area contributed by atoms with Gasteiger partial charge >= 0.3 is 0 Å². The number of sulfonamides is 1.